The zero-order valence-corrected chi connectivity index (χ0v) is 13.1. The second-order valence-electron chi connectivity index (χ2n) is 6.75. The van der Waals surface area contributed by atoms with Crippen LogP contribution in [0.5, 0.6) is 0 Å². The molecule has 1 aromatic carbocycles. The van der Waals surface area contributed by atoms with E-state index in [2.05, 4.69) is 42.1 Å². The van der Waals surface area contributed by atoms with Crippen LogP contribution in [0.25, 0.3) is 0 Å². The number of rotatable bonds is 5. The monoisotopic (exact) mass is 272 g/mol. The number of anilines is 1. The van der Waals surface area contributed by atoms with E-state index in [4.69, 9.17) is 0 Å². The van der Waals surface area contributed by atoms with E-state index >= 15 is 0 Å². The molecule has 0 spiro atoms. The molecule has 1 aliphatic heterocycles. The molecular formula is C18H28N2. The van der Waals surface area contributed by atoms with Crippen molar-refractivity contribution in [1.29, 1.82) is 0 Å². The standard InChI is InChI=1S/C18H28N2/c1-19(2)12-5-6-15-9-10-18-16(14-15)11-13-20(18)17-7-3-4-8-17/h9-10,14,17H,3-8,11-13H2,1-2H3. The molecule has 1 saturated carbocycles. The minimum absolute atomic E-state index is 0.829. The molecule has 1 aliphatic carbocycles. The Kier molecular flexibility index (Phi) is 4.30. The van der Waals surface area contributed by atoms with Gasteiger partial charge >= 0.3 is 0 Å². The van der Waals surface area contributed by atoms with Gasteiger partial charge < -0.3 is 9.80 Å². The van der Waals surface area contributed by atoms with Gasteiger partial charge in [-0.15, -0.1) is 0 Å². The van der Waals surface area contributed by atoms with Gasteiger partial charge in [-0.3, -0.25) is 0 Å². The molecule has 20 heavy (non-hydrogen) atoms. The first kappa shape index (κ1) is 13.9. The zero-order valence-electron chi connectivity index (χ0n) is 13.1. The molecule has 2 heteroatoms. The molecule has 110 valence electrons. The summed E-state index contributed by atoms with van der Waals surface area (Å²) >= 11 is 0. The van der Waals surface area contributed by atoms with Gasteiger partial charge in [-0.1, -0.05) is 25.0 Å². The summed E-state index contributed by atoms with van der Waals surface area (Å²) in [5, 5.41) is 0. The van der Waals surface area contributed by atoms with E-state index in [1.165, 1.54) is 69.3 Å². The smallest absolute Gasteiger partial charge is 0.0402 e. The van der Waals surface area contributed by atoms with E-state index in [1.807, 2.05) is 0 Å². The largest absolute Gasteiger partial charge is 0.368 e. The Morgan fingerprint density at radius 3 is 2.75 bits per heavy atom. The Labute approximate surface area is 123 Å². The third kappa shape index (κ3) is 3.01. The second kappa shape index (κ2) is 6.17. The van der Waals surface area contributed by atoms with E-state index in [0.29, 0.717) is 0 Å². The maximum atomic E-state index is 2.69. The summed E-state index contributed by atoms with van der Waals surface area (Å²) in [4.78, 5) is 4.96. The molecule has 0 radical (unpaired) electrons. The van der Waals surface area contributed by atoms with E-state index in [0.717, 1.165) is 6.04 Å². The van der Waals surface area contributed by atoms with Crippen LogP contribution in [-0.4, -0.2) is 38.1 Å². The lowest BCUT2D eigenvalue weighted by Gasteiger charge is -2.26. The van der Waals surface area contributed by atoms with Gasteiger partial charge in [-0.2, -0.15) is 0 Å². The van der Waals surface area contributed by atoms with Gasteiger partial charge in [0.1, 0.15) is 0 Å². The van der Waals surface area contributed by atoms with E-state index in [1.54, 1.807) is 5.56 Å². The van der Waals surface area contributed by atoms with Crippen molar-refractivity contribution >= 4 is 5.69 Å². The summed E-state index contributed by atoms with van der Waals surface area (Å²) in [5.74, 6) is 0. The number of hydrogen-bond acceptors (Lipinski definition) is 2. The molecule has 0 unspecified atom stereocenters. The SMILES string of the molecule is CN(C)CCCc1ccc2c(c1)CCN2C1CCCC1. The summed E-state index contributed by atoms with van der Waals surface area (Å²) < 4.78 is 0. The fourth-order valence-electron chi connectivity index (χ4n) is 3.83. The lowest BCUT2D eigenvalue weighted by molar-refractivity contribution is 0.400. The van der Waals surface area contributed by atoms with E-state index in [-0.39, 0.29) is 0 Å². The second-order valence-corrected chi connectivity index (χ2v) is 6.75. The van der Waals surface area contributed by atoms with E-state index < -0.39 is 0 Å². The molecule has 1 fully saturated rings. The van der Waals surface area contributed by atoms with Crippen LogP contribution in [0, 0.1) is 0 Å². The average Bonchev–Trinajstić information content (AvgIpc) is 3.06. The lowest BCUT2D eigenvalue weighted by Crippen LogP contribution is -2.31. The first-order valence-corrected chi connectivity index (χ1v) is 8.27. The predicted molar refractivity (Wildman–Crippen MR) is 86.6 cm³/mol. The number of nitrogens with zero attached hydrogens (tertiary/aromatic N) is 2. The molecule has 0 bridgehead atoms. The van der Waals surface area contributed by atoms with Crippen LogP contribution >= 0.6 is 0 Å². The fourth-order valence-corrected chi connectivity index (χ4v) is 3.83. The Bertz CT molecular complexity index is 447. The van der Waals surface area contributed by atoms with Crippen molar-refractivity contribution < 1.29 is 0 Å². The summed E-state index contributed by atoms with van der Waals surface area (Å²) in [5.41, 5.74) is 4.66. The molecule has 0 atom stereocenters. The molecule has 2 nitrogen and oxygen atoms in total. The maximum Gasteiger partial charge on any atom is 0.0402 e. The Hall–Kier alpha value is -1.02. The quantitative estimate of drug-likeness (QED) is 0.809. The van der Waals surface area contributed by atoms with Crippen LogP contribution < -0.4 is 4.90 Å². The molecular weight excluding hydrogens is 244 g/mol. The molecule has 1 aromatic rings. The van der Waals surface area contributed by atoms with Gasteiger partial charge in [0.25, 0.3) is 0 Å². The maximum absolute atomic E-state index is 2.69. The van der Waals surface area contributed by atoms with Crippen LogP contribution in [0.4, 0.5) is 5.69 Å². The van der Waals surface area contributed by atoms with Gasteiger partial charge in [0, 0.05) is 18.3 Å². The van der Waals surface area contributed by atoms with Crippen LogP contribution in [0.2, 0.25) is 0 Å². The fraction of sp³-hybridized carbons (Fsp3) is 0.667. The van der Waals surface area contributed by atoms with E-state index in [9.17, 15) is 0 Å². The van der Waals surface area contributed by atoms with Gasteiger partial charge in [-0.05, 0) is 69.9 Å². The van der Waals surface area contributed by atoms with Crippen LogP contribution in [-0.2, 0) is 12.8 Å². The molecule has 0 saturated heterocycles. The number of aryl methyl sites for hydroxylation is 1. The highest BCUT2D eigenvalue weighted by atomic mass is 15.2. The van der Waals surface area contributed by atoms with Crippen molar-refractivity contribution in [2.75, 3.05) is 32.1 Å². The van der Waals surface area contributed by atoms with Crippen molar-refractivity contribution in [2.45, 2.75) is 51.0 Å². The summed E-state index contributed by atoms with van der Waals surface area (Å²) in [6.45, 7) is 2.44. The lowest BCUT2D eigenvalue weighted by atomic mass is 10.0. The molecule has 0 amide bonds. The topological polar surface area (TPSA) is 6.48 Å². The minimum atomic E-state index is 0.829. The first-order chi connectivity index (χ1) is 9.74. The third-order valence-electron chi connectivity index (χ3n) is 4.91. The zero-order chi connectivity index (χ0) is 13.9. The van der Waals surface area contributed by atoms with Crippen LogP contribution in [0.15, 0.2) is 18.2 Å². The highest BCUT2D eigenvalue weighted by Gasteiger charge is 2.28. The molecule has 0 N–H and O–H groups in total. The molecule has 1 heterocycles. The number of benzene rings is 1. The minimum Gasteiger partial charge on any atom is -0.368 e. The Morgan fingerprint density at radius 2 is 2.00 bits per heavy atom. The van der Waals surface area contributed by atoms with Crippen LogP contribution in [0.1, 0.15) is 43.2 Å². The number of fused-ring (bicyclic) bond motifs is 1. The first-order valence-electron chi connectivity index (χ1n) is 8.27. The van der Waals surface area contributed by atoms with Gasteiger partial charge in [0.2, 0.25) is 0 Å². The van der Waals surface area contributed by atoms with Crippen LogP contribution in [0.3, 0.4) is 0 Å². The number of hydrogen-bond donors (Lipinski definition) is 0. The van der Waals surface area contributed by atoms with Crippen molar-refractivity contribution in [1.82, 2.24) is 4.90 Å². The van der Waals surface area contributed by atoms with Gasteiger partial charge in [-0.25, -0.2) is 0 Å². The van der Waals surface area contributed by atoms with Crippen molar-refractivity contribution in [3.05, 3.63) is 29.3 Å². The predicted octanol–water partition coefficient (Wildman–Crippen LogP) is 3.49. The Balaban J connectivity index is 1.65. The highest BCUT2D eigenvalue weighted by Crippen LogP contribution is 2.35. The average molecular weight is 272 g/mol. The normalized spacial score (nSPS) is 19.1. The summed E-state index contributed by atoms with van der Waals surface area (Å²) in [6, 6.07) is 8.06. The van der Waals surface area contributed by atoms with Gasteiger partial charge in [0.05, 0.1) is 0 Å². The summed E-state index contributed by atoms with van der Waals surface area (Å²) in [6.07, 6.45) is 9.41. The molecule has 0 aromatic heterocycles. The molecule has 2 aliphatic rings. The van der Waals surface area contributed by atoms with Gasteiger partial charge in [0.15, 0.2) is 0 Å². The van der Waals surface area contributed by atoms with Crippen molar-refractivity contribution in [2.24, 2.45) is 0 Å². The Morgan fingerprint density at radius 1 is 1.20 bits per heavy atom. The van der Waals surface area contributed by atoms with Crippen molar-refractivity contribution in [3.8, 4) is 0 Å². The molecule has 3 rings (SSSR count). The third-order valence-corrected chi connectivity index (χ3v) is 4.91. The highest BCUT2D eigenvalue weighted by molar-refractivity contribution is 5.60. The summed E-state index contributed by atoms with van der Waals surface area (Å²) in [7, 11) is 4.31. The van der Waals surface area contributed by atoms with Crippen molar-refractivity contribution in [3.63, 3.8) is 0 Å².